The van der Waals surface area contributed by atoms with Crippen molar-refractivity contribution in [3.8, 4) is 0 Å². The second-order valence-electron chi connectivity index (χ2n) is 4.85. The van der Waals surface area contributed by atoms with Crippen LogP contribution in [0.3, 0.4) is 0 Å². The highest BCUT2D eigenvalue weighted by Crippen LogP contribution is 2.29. The van der Waals surface area contributed by atoms with Crippen molar-refractivity contribution in [3.05, 3.63) is 71.8 Å². The molecule has 0 N–H and O–H groups in total. The van der Waals surface area contributed by atoms with Crippen LogP contribution in [-0.2, 0) is 8.85 Å². The molecule has 3 heteroatoms. The first kappa shape index (κ1) is 15.0. The molecule has 0 saturated heterocycles. The lowest BCUT2D eigenvalue weighted by atomic mass is 9.89. The third-order valence-electron chi connectivity index (χ3n) is 3.62. The van der Waals surface area contributed by atoms with Gasteiger partial charge < -0.3 is 8.85 Å². The van der Waals surface area contributed by atoms with Crippen molar-refractivity contribution < 1.29 is 8.85 Å². The summed E-state index contributed by atoms with van der Waals surface area (Å²) in [4.78, 5) is 0. The van der Waals surface area contributed by atoms with E-state index in [9.17, 15) is 0 Å². The lowest BCUT2D eigenvalue weighted by Crippen LogP contribution is -2.19. The SMILES string of the molecule is CO[SiH](CCC(c1ccccc1)c1ccccc1)OC. The van der Waals surface area contributed by atoms with Crippen molar-refractivity contribution in [2.75, 3.05) is 14.2 Å². The first-order valence-electron chi connectivity index (χ1n) is 7.00. The van der Waals surface area contributed by atoms with E-state index in [0.717, 1.165) is 12.5 Å². The molecule has 2 aromatic rings. The van der Waals surface area contributed by atoms with Gasteiger partial charge in [0, 0.05) is 20.1 Å². The molecule has 0 aliphatic carbocycles. The van der Waals surface area contributed by atoms with Gasteiger partial charge in [0.15, 0.2) is 0 Å². The summed E-state index contributed by atoms with van der Waals surface area (Å²) >= 11 is 0. The first-order chi connectivity index (χ1) is 9.85. The maximum atomic E-state index is 5.44. The average molecular weight is 286 g/mol. The molecule has 0 fully saturated rings. The Morgan fingerprint density at radius 2 is 1.25 bits per heavy atom. The van der Waals surface area contributed by atoms with Crippen molar-refractivity contribution >= 4 is 9.28 Å². The van der Waals surface area contributed by atoms with Crippen LogP contribution < -0.4 is 0 Å². The Labute approximate surface area is 123 Å². The largest absolute Gasteiger partial charge is 0.400 e. The Hall–Kier alpha value is -1.42. The van der Waals surface area contributed by atoms with E-state index in [1.54, 1.807) is 14.2 Å². The molecule has 0 saturated carbocycles. The summed E-state index contributed by atoms with van der Waals surface area (Å²) in [6.45, 7) is 0. The smallest absolute Gasteiger partial charge is 0.320 e. The van der Waals surface area contributed by atoms with E-state index >= 15 is 0 Å². The molecule has 0 aliphatic heterocycles. The van der Waals surface area contributed by atoms with Gasteiger partial charge in [-0.25, -0.2) is 0 Å². The molecule has 2 aromatic carbocycles. The van der Waals surface area contributed by atoms with Crippen molar-refractivity contribution in [1.82, 2.24) is 0 Å². The summed E-state index contributed by atoms with van der Waals surface area (Å²) in [5.41, 5.74) is 2.72. The summed E-state index contributed by atoms with van der Waals surface area (Å²) in [7, 11) is 2.01. The van der Waals surface area contributed by atoms with E-state index in [1.807, 2.05) is 0 Å². The summed E-state index contributed by atoms with van der Waals surface area (Å²) in [5, 5.41) is 0. The molecule has 0 amide bonds. The molecule has 0 unspecified atom stereocenters. The van der Waals surface area contributed by atoms with Gasteiger partial charge in [-0.15, -0.1) is 0 Å². The lowest BCUT2D eigenvalue weighted by Gasteiger charge is -2.20. The van der Waals surface area contributed by atoms with Crippen molar-refractivity contribution in [1.29, 1.82) is 0 Å². The number of hydrogen-bond donors (Lipinski definition) is 0. The van der Waals surface area contributed by atoms with Crippen LogP contribution >= 0.6 is 0 Å². The Morgan fingerprint density at radius 1 is 0.800 bits per heavy atom. The predicted octanol–water partition coefficient (Wildman–Crippen LogP) is 3.72. The molecule has 20 heavy (non-hydrogen) atoms. The number of hydrogen-bond acceptors (Lipinski definition) is 2. The van der Waals surface area contributed by atoms with Crippen molar-refractivity contribution in [2.24, 2.45) is 0 Å². The van der Waals surface area contributed by atoms with Gasteiger partial charge in [0.05, 0.1) is 0 Å². The fourth-order valence-corrected chi connectivity index (χ4v) is 3.80. The maximum absolute atomic E-state index is 5.44. The molecular weight excluding hydrogens is 264 g/mol. The van der Waals surface area contributed by atoms with Crippen molar-refractivity contribution in [2.45, 2.75) is 18.4 Å². The zero-order valence-electron chi connectivity index (χ0n) is 12.2. The third-order valence-corrected chi connectivity index (χ3v) is 5.48. The normalized spacial score (nSPS) is 11.2. The second kappa shape index (κ2) is 8.00. The minimum atomic E-state index is -1.50. The summed E-state index contributed by atoms with van der Waals surface area (Å²) in [6.07, 6.45) is 1.06. The van der Waals surface area contributed by atoms with E-state index in [0.29, 0.717) is 5.92 Å². The number of benzene rings is 2. The zero-order chi connectivity index (χ0) is 14.2. The third kappa shape index (κ3) is 4.03. The van der Waals surface area contributed by atoms with Gasteiger partial charge >= 0.3 is 9.28 Å². The molecule has 2 rings (SSSR count). The highest BCUT2D eigenvalue weighted by molar-refractivity contribution is 6.44. The van der Waals surface area contributed by atoms with Gasteiger partial charge in [-0.2, -0.15) is 0 Å². The molecular formula is C17H22O2Si. The van der Waals surface area contributed by atoms with Crippen LogP contribution in [0.2, 0.25) is 6.04 Å². The standard InChI is InChI=1S/C17H22O2Si/c1-18-20(19-2)14-13-17(15-9-5-3-6-10-15)16-11-7-4-8-12-16/h3-12,17,20H,13-14H2,1-2H3. The van der Waals surface area contributed by atoms with E-state index in [4.69, 9.17) is 8.85 Å². The topological polar surface area (TPSA) is 18.5 Å². The fourth-order valence-electron chi connectivity index (χ4n) is 2.53. The summed E-state index contributed by atoms with van der Waals surface area (Å²) in [6, 6.07) is 22.4. The van der Waals surface area contributed by atoms with E-state index in [2.05, 4.69) is 60.7 Å². The highest BCUT2D eigenvalue weighted by Gasteiger charge is 2.18. The quantitative estimate of drug-likeness (QED) is 0.722. The van der Waals surface area contributed by atoms with Gasteiger partial charge in [-0.1, -0.05) is 60.7 Å². The molecule has 0 atom stereocenters. The second-order valence-corrected chi connectivity index (χ2v) is 7.23. The highest BCUT2D eigenvalue weighted by atomic mass is 28.3. The predicted molar refractivity (Wildman–Crippen MR) is 85.3 cm³/mol. The Kier molecular flexibility index (Phi) is 5.99. The molecule has 0 aromatic heterocycles. The Morgan fingerprint density at radius 3 is 1.65 bits per heavy atom. The minimum absolute atomic E-state index is 0.415. The summed E-state index contributed by atoms with van der Waals surface area (Å²) in [5.74, 6) is 0.415. The Bertz CT molecular complexity index is 443. The lowest BCUT2D eigenvalue weighted by molar-refractivity contribution is 0.276. The van der Waals surface area contributed by atoms with Crippen LogP contribution in [0.15, 0.2) is 60.7 Å². The van der Waals surface area contributed by atoms with E-state index < -0.39 is 9.28 Å². The molecule has 0 bridgehead atoms. The van der Waals surface area contributed by atoms with Crippen LogP contribution in [0.25, 0.3) is 0 Å². The fraction of sp³-hybridized carbons (Fsp3) is 0.294. The van der Waals surface area contributed by atoms with Gasteiger partial charge in [0.2, 0.25) is 0 Å². The van der Waals surface area contributed by atoms with Crippen molar-refractivity contribution in [3.63, 3.8) is 0 Å². The number of rotatable bonds is 7. The molecule has 0 aliphatic rings. The molecule has 2 nitrogen and oxygen atoms in total. The zero-order valence-corrected chi connectivity index (χ0v) is 13.3. The van der Waals surface area contributed by atoms with Crippen LogP contribution in [0.5, 0.6) is 0 Å². The van der Waals surface area contributed by atoms with E-state index in [-0.39, 0.29) is 0 Å². The minimum Gasteiger partial charge on any atom is -0.400 e. The van der Waals surface area contributed by atoms with Crippen LogP contribution in [0, 0.1) is 0 Å². The van der Waals surface area contributed by atoms with Crippen LogP contribution in [-0.4, -0.2) is 23.5 Å². The molecule has 0 heterocycles. The van der Waals surface area contributed by atoms with Crippen LogP contribution in [0.1, 0.15) is 23.5 Å². The van der Waals surface area contributed by atoms with Crippen LogP contribution in [0.4, 0.5) is 0 Å². The van der Waals surface area contributed by atoms with Gasteiger partial charge in [-0.3, -0.25) is 0 Å². The van der Waals surface area contributed by atoms with E-state index in [1.165, 1.54) is 11.1 Å². The molecule has 0 radical (unpaired) electrons. The Balaban J connectivity index is 2.17. The summed E-state index contributed by atoms with van der Waals surface area (Å²) < 4.78 is 10.9. The monoisotopic (exact) mass is 286 g/mol. The van der Waals surface area contributed by atoms with Gasteiger partial charge in [-0.05, 0) is 23.6 Å². The average Bonchev–Trinajstić information content (AvgIpc) is 2.53. The van der Waals surface area contributed by atoms with Gasteiger partial charge in [0.25, 0.3) is 0 Å². The first-order valence-corrected chi connectivity index (χ1v) is 8.76. The maximum Gasteiger partial charge on any atom is 0.320 e. The molecule has 0 spiro atoms. The molecule has 106 valence electrons. The van der Waals surface area contributed by atoms with Gasteiger partial charge in [0.1, 0.15) is 0 Å².